The molecule has 0 aliphatic heterocycles. The van der Waals surface area contributed by atoms with Crippen molar-refractivity contribution in [3.63, 3.8) is 0 Å². The van der Waals surface area contributed by atoms with E-state index in [1.807, 2.05) is 0 Å². The fraction of sp³-hybridized carbons (Fsp3) is 0.435. The summed E-state index contributed by atoms with van der Waals surface area (Å²) in [5, 5.41) is 8.49. The number of carbonyl (C=O) groups excluding carboxylic acids is 1. The third-order valence-electron chi connectivity index (χ3n) is 5.58. The van der Waals surface area contributed by atoms with E-state index >= 15 is 0 Å². The van der Waals surface area contributed by atoms with Crippen LogP contribution in [0, 0.1) is 0 Å². The summed E-state index contributed by atoms with van der Waals surface area (Å²) in [4.78, 5) is 12.6. The molecule has 0 saturated heterocycles. The summed E-state index contributed by atoms with van der Waals surface area (Å²) >= 11 is 0. The number of fused-ring (bicyclic) bond motifs is 1. The van der Waals surface area contributed by atoms with Gasteiger partial charge in [0.1, 0.15) is 5.75 Å². The molecule has 0 atom stereocenters. The number of nitrogens with two attached hydrogens (primary N) is 1. The molecular weight excluding hydrogens is 457 g/mol. The van der Waals surface area contributed by atoms with Crippen LogP contribution in [-0.2, 0) is 29.3 Å². The molecule has 0 aromatic heterocycles. The van der Waals surface area contributed by atoms with Crippen LogP contribution in [0.5, 0.6) is 5.75 Å². The summed E-state index contributed by atoms with van der Waals surface area (Å²) < 4.78 is 65.3. The molecule has 2 aromatic rings. The van der Waals surface area contributed by atoms with Gasteiger partial charge in [0, 0.05) is 12.0 Å². The van der Waals surface area contributed by atoms with Gasteiger partial charge in [-0.05, 0) is 86.5 Å². The predicted octanol–water partition coefficient (Wildman–Crippen LogP) is 3.91. The number of ketones is 1. The Morgan fingerprint density at radius 1 is 1.09 bits per heavy atom. The molecule has 3 N–H and O–H groups in total. The van der Waals surface area contributed by atoms with Crippen LogP contribution in [0.1, 0.15) is 52.7 Å². The van der Waals surface area contributed by atoms with Crippen LogP contribution >= 0.6 is 0 Å². The Morgan fingerprint density at radius 3 is 2.58 bits per heavy atom. The van der Waals surface area contributed by atoms with Crippen molar-refractivity contribution >= 4 is 15.8 Å². The SMILES string of the molecule is NS(=O)(=O)c1cc(C(=O)CCCCNCCc2ccccc2OC(F)(F)F)cc2c1CCC2. The number of sulfonamides is 1. The van der Waals surface area contributed by atoms with Gasteiger partial charge in [-0.15, -0.1) is 13.2 Å². The first kappa shape index (κ1) is 25.2. The highest BCUT2D eigenvalue weighted by atomic mass is 32.2. The second kappa shape index (κ2) is 10.7. The number of hydrogen-bond donors (Lipinski definition) is 2. The first-order chi connectivity index (χ1) is 15.5. The van der Waals surface area contributed by atoms with Crippen molar-refractivity contribution in [2.75, 3.05) is 13.1 Å². The quantitative estimate of drug-likeness (QED) is 0.372. The number of rotatable bonds is 11. The molecule has 180 valence electrons. The Morgan fingerprint density at radius 2 is 1.85 bits per heavy atom. The van der Waals surface area contributed by atoms with E-state index < -0.39 is 16.4 Å². The van der Waals surface area contributed by atoms with Crippen molar-refractivity contribution in [3.8, 4) is 5.75 Å². The van der Waals surface area contributed by atoms with Crippen LogP contribution in [0.2, 0.25) is 0 Å². The highest BCUT2D eigenvalue weighted by molar-refractivity contribution is 7.89. The van der Waals surface area contributed by atoms with Crippen LogP contribution in [0.4, 0.5) is 13.2 Å². The zero-order chi connectivity index (χ0) is 24.1. The minimum Gasteiger partial charge on any atom is -0.406 e. The molecule has 1 aliphatic carbocycles. The second-order valence-corrected chi connectivity index (χ2v) is 9.58. The Kier molecular flexibility index (Phi) is 8.14. The van der Waals surface area contributed by atoms with Crippen LogP contribution in [0.3, 0.4) is 0 Å². The van der Waals surface area contributed by atoms with Gasteiger partial charge < -0.3 is 10.1 Å². The maximum atomic E-state index is 12.6. The molecule has 2 aromatic carbocycles. The van der Waals surface area contributed by atoms with Gasteiger partial charge in [0.25, 0.3) is 0 Å². The van der Waals surface area contributed by atoms with Gasteiger partial charge in [-0.2, -0.15) is 0 Å². The molecule has 6 nitrogen and oxygen atoms in total. The number of unbranched alkanes of at least 4 members (excludes halogenated alkanes) is 1. The van der Waals surface area contributed by atoms with Gasteiger partial charge in [0.05, 0.1) is 4.90 Å². The molecule has 0 spiro atoms. The number of ether oxygens (including phenoxy) is 1. The number of Topliss-reactive ketones (excluding diaryl/α,β-unsaturated/α-hetero) is 1. The van der Waals surface area contributed by atoms with Crippen molar-refractivity contribution in [2.24, 2.45) is 5.14 Å². The minimum absolute atomic E-state index is 0.0531. The molecule has 0 amide bonds. The third kappa shape index (κ3) is 7.28. The molecule has 0 fully saturated rings. The highest BCUT2D eigenvalue weighted by Gasteiger charge is 2.31. The first-order valence-corrected chi connectivity index (χ1v) is 12.4. The summed E-state index contributed by atoms with van der Waals surface area (Å²) in [6.45, 7) is 1.07. The highest BCUT2D eigenvalue weighted by Crippen LogP contribution is 2.30. The van der Waals surface area contributed by atoms with Gasteiger partial charge in [-0.25, -0.2) is 13.6 Å². The van der Waals surface area contributed by atoms with Gasteiger partial charge in [0.15, 0.2) is 5.78 Å². The third-order valence-corrected chi connectivity index (χ3v) is 6.56. The number of benzene rings is 2. The van der Waals surface area contributed by atoms with E-state index in [1.54, 1.807) is 18.2 Å². The Labute approximate surface area is 191 Å². The maximum absolute atomic E-state index is 12.6. The average molecular weight is 485 g/mol. The van der Waals surface area contributed by atoms with Crippen molar-refractivity contribution in [2.45, 2.75) is 56.2 Å². The molecule has 33 heavy (non-hydrogen) atoms. The molecular formula is C23H27F3N2O4S. The van der Waals surface area contributed by atoms with E-state index in [-0.39, 0.29) is 22.8 Å². The number of nitrogens with one attached hydrogen (secondary N) is 1. The number of para-hydroxylation sites is 1. The zero-order valence-corrected chi connectivity index (χ0v) is 18.9. The lowest BCUT2D eigenvalue weighted by atomic mass is 10.0. The lowest BCUT2D eigenvalue weighted by Crippen LogP contribution is -2.21. The number of hydrogen-bond acceptors (Lipinski definition) is 5. The second-order valence-electron chi connectivity index (χ2n) is 8.05. The van der Waals surface area contributed by atoms with Crippen LogP contribution in [-0.4, -0.2) is 33.7 Å². The molecule has 0 unspecified atom stereocenters. The van der Waals surface area contributed by atoms with Crippen molar-refractivity contribution in [1.29, 1.82) is 0 Å². The van der Waals surface area contributed by atoms with Gasteiger partial charge in [-0.3, -0.25) is 4.79 Å². The molecule has 0 saturated carbocycles. The van der Waals surface area contributed by atoms with Crippen molar-refractivity contribution in [3.05, 3.63) is 58.7 Å². The number of halogens is 3. The number of primary sulfonamides is 1. The monoisotopic (exact) mass is 484 g/mol. The van der Waals surface area contributed by atoms with Crippen LogP contribution in [0.15, 0.2) is 41.3 Å². The fourth-order valence-electron chi connectivity index (χ4n) is 4.04. The maximum Gasteiger partial charge on any atom is 0.573 e. The Bertz CT molecular complexity index is 1100. The largest absolute Gasteiger partial charge is 0.573 e. The topological polar surface area (TPSA) is 98.5 Å². The van der Waals surface area contributed by atoms with Crippen molar-refractivity contribution in [1.82, 2.24) is 5.32 Å². The number of carbonyl (C=O) groups is 1. The van der Waals surface area contributed by atoms with E-state index in [0.29, 0.717) is 49.9 Å². The zero-order valence-electron chi connectivity index (χ0n) is 18.1. The summed E-state index contributed by atoms with van der Waals surface area (Å²) in [6, 6.07) is 9.19. The first-order valence-electron chi connectivity index (χ1n) is 10.8. The van der Waals surface area contributed by atoms with E-state index in [1.165, 1.54) is 18.2 Å². The lowest BCUT2D eigenvalue weighted by molar-refractivity contribution is -0.274. The molecule has 0 heterocycles. The van der Waals surface area contributed by atoms with Gasteiger partial charge >= 0.3 is 6.36 Å². The predicted molar refractivity (Wildman–Crippen MR) is 118 cm³/mol. The average Bonchev–Trinajstić information content (AvgIpc) is 3.20. The molecule has 0 bridgehead atoms. The molecule has 1 aliphatic rings. The van der Waals surface area contributed by atoms with Crippen LogP contribution in [0.25, 0.3) is 0 Å². The normalized spacial score (nSPS) is 13.7. The van der Waals surface area contributed by atoms with Gasteiger partial charge in [0.2, 0.25) is 10.0 Å². The smallest absolute Gasteiger partial charge is 0.406 e. The van der Waals surface area contributed by atoms with Crippen LogP contribution < -0.4 is 15.2 Å². The van der Waals surface area contributed by atoms with E-state index in [4.69, 9.17) is 5.14 Å². The summed E-state index contributed by atoms with van der Waals surface area (Å²) in [7, 11) is -3.89. The number of aryl methyl sites for hydroxylation is 1. The number of alkyl halides is 3. The summed E-state index contributed by atoms with van der Waals surface area (Å²) in [5.41, 5.74) is 2.43. The van der Waals surface area contributed by atoms with E-state index in [9.17, 15) is 26.4 Å². The van der Waals surface area contributed by atoms with Crippen molar-refractivity contribution < 1.29 is 31.1 Å². The van der Waals surface area contributed by atoms with Gasteiger partial charge in [-0.1, -0.05) is 18.2 Å². The lowest BCUT2D eigenvalue weighted by Gasteiger charge is -2.13. The fourth-order valence-corrected chi connectivity index (χ4v) is 4.91. The Hall–Kier alpha value is -2.43. The molecule has 3 rings (SSSR count). The summed E-state index contributed by atoms with van der Waals surface area (Å²) in [6.07, 6.45) is -0.573. The molecule has 0 radical (unpaired) electrons. The Balaban J connectivity index is 1.43. The summed E-state index contributed by atoms with van der Waals surface area (Å²) in [5.74, 6) is -0.335. The van der Waals surface area contributed by atoms with E-state index in [0.717, 1.165) is 24.0 Å². The minimum atomic E-state index is -4.73. The standard InChI is InChI=1S/C23H27F3N2O4S/c24-23(25,26)32-21-10-2-1-6-16(21)11-13-28-12-4-3-9-20(29)18-14-17-7-5-8-19(17)22(15-18)33(27,30)31/h1-2,6,10,14-15,28H,3-5,7-9,11-13H2,(H2,27,30,31). The van der Waals surface area contributed by atoms with E-state index in [2.05, 4.69) is 10.1 Å². The molecule has 10 heteroatoms.